The molecule has 1 saturated carbocycles. The summed E-state index contributed by atoms with van der Waals surface area (Å²) in [6.07, 6.45) is 0.809. The minimum Gasteiger partial charge on any atom is -0.317 e. The largest absolute Gasteiger partial charge is 0.317 e. The molecule has 1 heterocycles. The van der Waals surface area contributed by atoms with Gasteiger partial charge in [-0.3, -0.25) is 4.79 Å². The first-order valence-corrected chi connectivity index (χ1v) is 10.8. The van der Waals surface area contributed by atoms with E-state index < -0.39 is 5.41 Å². The van der Waals surface area contributed by atoms with Crippen LogP contribution >= 0.6 is 11.3 Å². The molecule has 1 aliphatic rings. The monoisotopic (exact) mass is 397 g/mol. The Morgan fingerprint density at radius 3 is 2.10 bits per heavy atom. The Morgan fingerprint density at radius 1 is 0.897 bits per heavy atom. The predicted molar refractivity (Wildman–Crippen MR) is 122 cm³/mol. The molecule has 0 saturated heterocycles. The van der Waals surface area contributed by atoms with Gasteiger partial charge in [0.05, 0.1) is 10.4 Å². The normalized spacial score (nSPS) is 19.8. The molecule has 5 rings (SSSR count). The maximum Gasteiger partial charge on any atom is 0.232 e. The van der Waals surface area contributed by atoms with Crippen molar-refractivity contribution >= 4 is 32.3 Å². The van der Waals surface area contributed by atoms with E-state index in [1.807, 2.05) is 12.1 Å². The maximum atomic E-state index is 13.5. The zero-order valence-electron chi connectivity index (χ0n) is 16.6. The third kappa shape index (κ3) is 2.72. The number of aryl methyl sites for hydroxylation is 1. The number of benzene rings is 3. The van der Waals surface area contributed by atoms with Crippen molar-refractivity contribution in [3.8, 4) is 0 Å². The van der Waals surface area contributed by atoms with E-state index in [1.54, 1.807) is 11.3 Å². The van der Waals surface area contributed by atoms with E-state index in [2.05, 4.69) is 92.0 Å². The minimum atomic E-state index is -0.485. The summed E-state index contributed by atoms with van der Waals surface area (Å²) in [7, 11) is 0. The van der Waals surface area contributed by atoms with Gasteiger partial charge in [-0.05, 0) is 54.5 Å². The molecule has 1 aliphatic carbocycles. The van der Waals surface area contributed by atoms with Crippen molar-refractivity contribution in [3.05, 3.63) is 102 Å². The molecule has 1 aromatic heterocycles. The highest BCUT2D eigenvalue weighted by Crippen LogP contribution is 2.68. The molecule has 1 amide bonds. The summed E-state index contributed by atoms with van der Waals surface area (Å²) in [5.41, 5.74) is 2.87. The number of carbonyl (C=O) groups is 1. The van der Waals surface area contributed by atoms with Gasteiger partial charge in [-0.25, -0.2) is 0 Å². The summed E-state index contributed by atoms with van der Waals surface area (Å²) in [5.74, 6) is 0.0921. The standard InChI is InChI=1S/C26H23NOS/c1-18-10-9-15-22-21(18)16-23(29-22)27-24(28)25(2)17-26(25,19-11-5-3-6-12-19)20-13-7-4-8-14-20/h3-16H,17H2,1-2H3,(H,27,28). The average Bonchev–Trinajstić information content (AvgIpc) is 3.20. The number of hydrogen-bond donors (Lipinski definition) is 1. The zero-order chi connectivity index (χ0) is 20.1. The molecule has 3 heteroatoms. The fourth-order valence-electron chi connectivity index (χ4n) is 4.73. The van der Waals surface area contributed by atoms with Gasteiger partial charge >= 0.3 is 0 Å². The van der Waals surface area contributed by atoms with Crippen LogP contribution in [0.5, 0.6) is 0 Å². The average molecular weight is 398 g/mol. The molecule has 1 N–H and O–H groups in total. The predicted octanol–water partition coefficient (Wildman–Crippen LogP) is 6.54. The molecule has 144 valence electrons. The van der Waals surface area contributed by atoms with E-state index in [4.69, 9.17) is 0 Å². The maximum absolute atomic E-state index is 13.5. The molecule has 0 radical (unpaired) electrons. The van der Waals surface area contributed by atoms with E-state index in [9.17, 15) is 4.79 Å². The number of hydrogen-bond acceptors (Lipinski definition) is 2. The van der Waals surface area contributed by atoms with Gasteiger partial charge in [-0.2, -0.15) is 0 Å². The summed E-state index contributed by atoms with van der Waals surface area (Å²) in [5, 5.41) is 5.37. The molecule has 1 fully saturated rings. The van der Waals surface area contributed by atoms with Crippen LogP contribution in [-0.4, -0.2) is 5.91 Å². The Labute approximate surface area is 175 Å². The number of anilines is 1. The Bertz CT molecular complexity index is 1160. The number of thiophene rings is 1. The Morgan fingerprint density at radius 2 is 1.52 bits per heavy atom. The second-order valence-corrected chi connectivity index (χ2v) is 9.28. The van der Waals surface area contributed by atoms with E-state index in [-0.39, 0.29) is 11.3 Å². The summed E-state index contributed by atoms with van der Waals surface area (Å²) in [6, 6.07) is 29.3. The first-order chi connectivity index (χ1) is 14.0. The number of rotatable bonds is 4. The summed E-state index contributed by atoms with van der Waals surface area (Å²) in [6.45, 7) is 4.21. The second-order valence-electron chi connectivity index (χ2n) is 8.20. The van der Waals surface area contributed by atoms with Crippen molar-refractivity contribution in [2.24, 2.45) is 5.41 Å². The lowest BCUT2D eigenvalue weighted by atomic mass is 9.80. The van der Waals surface area contributed by atoms with Crippen LogP contribution in [0.25, 0.3) is 10.1 Å². The quantitative estimate of drug-likeness (QED) is 0.416. The highest BCUT2D eigenvalue weighted by molar-refractivity contribution is 7.23. The lowest BCUT2D eigenvalue weighted by Crippen LogP contribution is -2.30. The summed E-state index contributed by atoms with van der Waals surface area (Å²) >= 11 is 1.64. The van der Waals surface area contributed by atoms with Gasteiger partial charge in [0.15, 0.2) is 0 Å². The van der Waals surface area contributed by atoms with Gasteiger partial charge in [0, 0.05) is 10.1 Å². The topological polar surface area (TPSA) is 29.1 Å². The van der Waals surface area contributed by atoms with E-state index >= 15 is 0 Å². The van der Waals surface area contributed by atoms with Crippen LogP contribution < -0.4 is 5.32 Å². The van der Waals surface area contributed by atoms with Gasteiger partial charge in [-0.15, -0.1) is 11.3 Å². The van der Waals surface area contributed by atoms with Crippen LogP contribution in [-0.2, 0) is 10.2 Å². The van der Waals surface area contributed by atoms with Gasteiger partial charge < -0.3 is 5.32 Å². The molecule has 29 heavy (non-hydrogen) atoms. The number of carbonyl (C=O) groups excluding carboxylic acids is 1. The molecule has 0 aliphatic heterocycles. The van der Waals surface area contributed by atoms with Crippen molar-refractivity contribution in [1.82, 2.24) is 0 Å². The summed E-state index contributed by atoms with van der Waals surface area (Å²) in [4.78, 5) is 13.5. The lowest BCUT2D eigenvalue weighted by molar-refractivity contribution is -0.121. The van der Waals surface area contributed by atoms with Gasteiger partial charge in [0.1, 0.15) is 0 Å². The van der Waals surface area contributed by atoms with Crippen molar-refractivity contribution in [1.29, 1.82) is 0 Å². The van der Waals surface area contributed by atoms with Gasteiger partial charge in [0.2, 0.25) is 5.91 Å². The zero-order valence-corrected chi connectivity index (χ0v) is 17.4. The summed E-state index contributed by atoms with van der Waals surface area (Å²) < 4.78 is 1.21. The van der Waals surface area contributed by atoms with Crippen LogP contribution in [0.15, 0.2) is 84.9 Å². The molecule has 0 bridgehead atoms. The van der Waals surface area contributed by atoms with E-state index in [1.165, 1.54) is 26.8 Å². The molecule has 2 nitrogen and oxygen atoms in total. The van der Waals surface area contributed by atoms with Crippen molar-refractivity contribution < 1.29 is 4.79 Å². The molecular formula is C26H23NOS. The number of fused-ring (bicyclic) bond motifs is 1. The van der Waals surface area contributed by atoms with Gasteiger partial charge in [-0.1, -0.05) is 72.8 Å². The second kappa shape index (κ2) is 6.57. The number of amides is 1. The van der Waals surface area contributed by atoms with Crippen LogP contribution in [0.2, 0.25) is 0 Å². The SMILES string of the molecule is Cc1cccc2sc(NC(=O)C3(C)CC3(c3ccccc3)c3ccccc3)cc12. The Kier molecular flexibility index (Phi) is 4.11. The van der Waals surface area contributed by atoms with Crippen molar-refractivity contribution in [2.75, 3.05) is 5.32 Å². The molecular weight excluding hydrogens is 374 g/mol. The molecule has 3 aromatic carbocycles. The third-order valence-electron chi connectivity index (χ3n) is 6.49. The first kappa shape index (κ1) is 18.1. The van der Waals surface area contributed by atoms with Crippen LogP contribution in [0, 0.1) is 12.3 Å². The van der Waals surface area contributed by atoms with E-state index in [0.29, 0.717) is 0 Å². The van der Waals surface area contributed by atoms with Crippen LogP contribution in [0.3, 0.4) is 0 Å². The third-order valence-corrected chi connectivity index (χ3v) is 7.50. The fraction of sp³-hybridized carbons (Fsp3) is 0.192. The van der Waals surface area contributed by atoms with Crippen molar-refractivity contribution in [3.63, 3.8) is 0 Å². The van der Waals surface area contributed by atoms with Crippen LogP contribution in [0.4, 0.5) is 5.00 Å². The Balaban J connectivity index is 1.52. The van der Waals surface area contributed by atoms with Crippen LogP contribution in [0.1, 0.15) is 30.0 Å². The first-order valence-electron chi connectivity index (χ1n) is 9.96. The Hall–Kier alpha value is -2.91. The highest BCUT2D eigenvalue weighted by Gasteiger charge is 2.70. The van der Waals surface area contributed by atoms with Gasteiger partial charge in [0.25, 0.3) is 0 Å². The van der Waals surface area contributed by atoms with E-state index in [0.717, 1.165) is 11.4 Å². The fourth-order valence-corrected chi connectivity index (χ4v) is 5.77. The smallest absolute Gasteiger partial charge is 0.232 e. The van der Waals surface area contributed by atoms with Crippen molar-refractivity contribution in [2.45, 2.75) is 25.7 Å². The lowest BCUT2D eigenvalue weighted by Gasteiger charge is -2.24. The minimum absolute atomic E-state index is 0.0921. The number of nitrogens with one attached hydrogen (secondary N) is 1. The molecule has 1 atom stereocenters. The molecule has 4 aromatic rings. The molecule has 0 spiro atoms. The highest BCUT2D eigenvalue weighted by atomic mass is 32.1. The molecule has 1 unspecified atom stereocenters.